The monoisotopic (exact) mass is 1060 g/mol. The predicted molar refractivity (Wildman–Crippen MR) is 315 cm³/mol. The third kappa shape index (κ3) is 39.6. The average Bonchev–Trinajstić information content (AvgIpc) is 3.42. The molecule has 0 bridgehead atoms. The third-order valence-electron chi connectivity index (χ3n) is 13.4. The number of hydrogen-bond acceptors (Lipinski definition) is 10. The highest BCUT2D eigenvalue weighted by Crippen LogP contribution is 2.26. The molecule has 6 N–H and O–H groups in total. The molecule has 0 saturated carbocycles. The van der Waals surface area contributed by atoms with E-state index in [0.717, 1.165) is 103 Å². The fourth-order valence-electron chi connectivity index (χ4n) is 8.63. The summed E-state index contributed by atoms with van der Waals surface area (Å²) in [5.41, 5.74) is 0. The van der Waals surface area contributed by atoms with Gasteiger partial charge in [-0.1, -0.05) is 226 Å². The van der Waals surface area contributed by atoms with E-state index in [1.165, 1.54) is 70.6 Å². The van der Waals surface area contributed by atoms with Crippen molar-refractivity contribution in [2.75, 3.05) is 13.2 Å². The van der Waals surface area contributed by atoms with E-state index in [4.69, 9.17) is 14.2 Å². The van der Waals surface area contributed by atoms with Crippen molar-refractivity contribution < 1.29 is 49.3 Å². The van der Waals surface area contributed by atoms with Crippen molar-refractivity contribution in [1.82, 2.24) is 5.32 Å². The van der Waals surface area contributed by atoms with Crippen molar-refractivity contribution in [2.24, 2.45) is 0 Å². The number of allylic oxidation sites excluding steroid dienone is 17. The first-order valence-corrected chi connectivity index (χ1v) is 30.2. The number of esters is 1. The number of ether oxygens (including phenoxy) is 3. The predicted octanol–water partition coefficient (Wildman–Crippen LogP) is 14.1. The quantitative estimate of drug-likeness (QED) is 0.0195. The molecule has 11 heteroatoms. The summed E-state index contributed by atoms with van der Waals surface area (Å²) in [4.78, 5) is 26.5. The molecule has 1 amide bonds. The molecule has 0 radical (unpaired) electrons. The highest BCUT2D eigenvalue weighted by molar-refractivity contribution is 5.80. The molecule has 11 nitrogen and oxygen atoms in total. The highest BCUT2D eigenvalue weighted by atomic mass is 16.7. The van der Waals surface area contributed by atoms with Gasteiger partial charge in [-0.2, -0.15) is 0 Å². The number of unbranched alkanes of at least 4 members (excludes halogenated alkanes) is 19. The summed E-state index contributed by atoms with van der Waals surface area (Å²) in [6, 6.07) is -1.05. The van der Waals surface area contributed by atoms with Crippen LogP contribution >= 0.6 is 0 Å². The van der Waals surface area contributed by atoms with E-state index >= 15 is 0 Å². The Balaban J connectivity index is 2.76. The van der Waals surface area contributed by atoms with Crippen molar-refractivity contribution in [3.63, 3.8) is 0 Å². The minimum absolute atomic E-state index is 0.0379. The maximum atomic E-state index is 13.4. The normalized spacial score (nSPS) is 19.9. The number of carbonyl (C=O) groups excluding carboxylic acids is 2. The Morgan fingerprint density at radius 1 is 0.526 bits per heavy atom. The zero-order chi connectivity index (χ0) is 55.4. The first-order chi connectivity index (χ1) is 37.2. The standard InChI is InChI=1S/C65H109NO10/c1-4-7-10-13-16-19-22-25-27-29-31-32-34-37-40-43-46-49-52-58(69)64(73)66-56(57(68)51-48-45-42-39-36-24-21-18-15-12-9-6-3)55-74-65-63(62(72)61(71)59(54-67)75-65)76-60(70)53-50-47-44-41-38-35-33-30-28-26-23-20-17-14-11-8-5-2/h8,11,16-17,19-20,25-28,31-33,35,41,44,48,51,56-59,61-63,65,67-69,71-72H,4-7,9-10,12-15,18,21-24,29-30,34,36-40,42-43,45-47,49-50,52-55H2,1-3H3,(H,66,73)/b11-8-,19-16-,20-17-,27-25-,28-26-,32-31-,35-33-,44-41-,51-48+. The molecule has 0 spiro atoms. The number of rotatable bonds is 49. The lowest BCUT2D eigenvalue weighted by Crippen LogP contribution is -2.61. The van der Waals surface area contributed by atoms with E-state index < -0.39 is 67.4 Å². The van der Waals surface area contributed by atoms with E-state index in [-0.39, 0.29) is 19.4 Å². The lowest BCUT2D eigenvalue weighted by molar-refractivity contribution is -0.305. The Morgan fingerprint density at radius 3 is 1.45 bits per heavy atom. The lowest BCUT2D eigenvalue weighted by atomic mass is 9.99. The first-order valence-electron chi connectivity index (χ1n) is 30.2. The van der Waals surface area contributed by atoms with Crippen LogP contribution in [0.3, 0.4) is 0 Å². The Morgan fingerprint density at radius 2 is 0.947 bits per heavy atom. The fraction of sp³-hybridized carbons (Fsp3) is 0.692. The highest BCUT2D eigenvalue weighted by Gasteiger charge is 2.47. The van der Waals surface area contributed by atoms with Crippen molar-refractivity contribution in [2.45, 2.75) is 275 Å². The summed E-state index contributed by atoms with van der Waals surface area (Å²) >= 11 is 0. The molecule has 1 fully saturated rings. The van der Waals surface area contributed by atoms with Gasteiger partial charge in [0.05, 0.1) is 25.4 Å². The van der Waals surface area contributed by atoms with Gasteiger partial charge in [-0.15, -0.1) is 0 Å². The van der Waals surface area contributed by atoms with E-state index in [1.54, 1.807) is 6.08 Å². The largest absolute Gasteiger partial charge is 0.454 e. The van der Waals surface area contributed by atoms with Crippen LogP contribution in [0.1, 0.15) is 226 Å². The van der Waals surface area contributed by atoms with Gasteiger partial charge in [0, 0.05) is 6.42 Å². The maximum absolute atomic E-state index is 13.4. The lowest BCUT2D eigenvalue weighted by Gasteiger charge is -2.41. The molecule has 76 heavy (non-hydrogen) atoms. The summed E-state index contributed by atoms with van der Waals surface area (Å²) < 4.78 is 17.5. The van der Waals surface area contributed by atoms with E-state index in [0.29, 0.717) is 19.3 Å². The van der Waals surface area contributed by atoms with Gasteiger partial charge in [0.25, 0.3) is 0 Å². The third-order valence-corrected chi connectivity index (χ3v) is 13.4. The molecule has 0 aromatic rings. The van der Waals surface area contributed by atoms with Gasteiger partial charge >= 0.3 is 5.97 Å². The van der Waals surface area contributed by atoms with Crippen LogP contribution in [0.15, 0.2) is 109 Å². The second-order valence-electron chi connectivity index (χ2n) is 20.3. The smallest absolute Gasteiger partial charge is 0.306 e. The minimum atomic E-state index is -1.65. The summed E-state index contributed by atoms with van der Waals surface area (Å²) in [6.07, 6.45) is 59.8. The second kappa shape index (κ2) is 52.0. The van der Waals surface area contributed by atoms with Crippen LogP contribution in [0.5, 0.6) is 0 Å². The van der Waals surface area contributed by atoms with Crippen LogP contribution in [0, 0.1) is 0 Å². The Kier molecular flexibility index (Phi) is 48.2. The molecule has 1 aliphatic rings. The van der Waals surface area contributed by atoms with Crippen LogP contribution in [-0.2, 0) is 23.8 Å². The maximum Gasteiger partial charge on any atom is 0.306 e. The van der Waals surface area contributed by atoms with Crippen molar-refractivity contribution in [3.8, 4) is 0 Å². The van der Waals surface area contributed by atoms with Crippen LogP contribution in [0.4, 0.5) is 0 Å². The van der Waals surface area contributed by atoms with Gasteiger partial charge in [0.1, 0.15) is 24.4 Å². The molecule has 0 aliphatic carbocycles. The zero-order valence-corrected chi connectivity index (χ0v) is 47.8. The molecular weight excluding hydrogens is 955 g/mol. The van der Waals surface area contributed by atoms with Gasteiger partial charge in [-0.25, -0.2) is 0 Å². The molecular formula is C65H109NO10. The Bertz CT molecular complexity index is 1650. The first kappa shape index (κ1) is 70.3. The Labute approximate surface area is 462 Å². The molecule has 1 heterocycles. The van der Waals surface area contributed by atoms with Crippen LogP contribution < -0.4 is 5.32 Å². The van der Waals surface area contributed by atoms with Crippen molar-refractivity contribution in [1.29, 1.82) is 0 Å². The number of amides is 1. The van der Waals surface area contributed by atoms with Gasteiger partial charge < -0.3 is 45.1 Å². The van der Waals surface area contributed by atoms with E-state index in [1.807, 2.05) is 18.2 Å². The molecule has 8 atom stereocenters. The van der Waals surface area contributed by atoms with Gasteiger partial charge in [0.15, 0.2) is 12.4 Å². The average molecular weight is 1060 g/mol. The number of carbonyl (C=O) groups is 2. The molecule has 1 rings (SSSR count). The van der Waals surface area contributed by atoms with Crippen LogP contribution in [0.2, 0.25) is 0 Å². The van der Waals surface area contributed by atoms with Crippen molar-refractivity contribution >= 4 is 11.9 Å². The number of nitrogens with one attached hydrogen (secondary N) is 1. The number of hydrogen-bond donors (Lipinski definition) is 6. The van der Waals surface area contributed by atoms with Crippen LogP contribution in [-0.4, -0.2) is 99.6 Å². The molecule has 1 saturated heterocycles. The molecule has 8 unspecified atom stereocenters. The van der Waals surface area contributed by atoms with Gasteiger partial charge in [-0.05, 0) is 103 Å². The Hall–Kier alpha value is -3.68. The van der Waals surface area contributed by atoms with Crippen LogP contribution in [0.25, 0.3) is 0 Å². The summed E-state index contributed by atoms with van der Waals surface area (Å²) in [5, 5.41) is 56.9. The summed E-state index contributed by atoms with van der Waals surface area (Å²) in [7, 11) is 0. The van der Waals surface area contributed by atoms with Gasteiger partial charge in [-0.3, -0.25) is 9.59 Å². The van der Waals surface area contributed by atoms with E-state index in [2.05, 4.69) is 111 Å². The molecule has 0 aromatic heterocycles. The molecule has 1 aliphatic heterocycles. The molecule has 434 valence electrons. The van der Waals surface area contributed by atoms with Crippen molar-refractivity contribution in [3.05, 3.63) is 109 Å². The fourth-order valence-corrected chi connectivity index (χ4v) is 8.63. The topological polar surface area (TPSA) is 175 Å². The summed E-state index contributed by atoms with van der Waals surface area (Å²) in [5.74, 6) is -1.28. The minimum Gasteiger partial charge on any atom is -0.454 e. The van der Waals surface area contributed by atoms with E-state index in [9.17, 15) is 35.1 Å². The molecule has 0 aromatic carbocycles. The number of aliphatic hydroxyl groups is 5. The second-order valence-corrected chi connectivity index (χ2v) is 20.3. The van der Waals surface area contributed by atoms with Gasteiger partial charge in [0.2, 0.25) is 5.91 Å². The summed E-state index contributed by atoms with van der Waals surface area (Å²) in [6.45, 7) is 5.59. The SMILES string of the molecule is CC/C=C\C/C=C\C/C=C\C/C=C\C/C=C\CCCC(=O)OC1C(OCC(NC(=O)C(O)CCCCCCC/C=C\C/C=C\C/C=C\CCCCC)C(O)/C=C/CCCCCCCCCCCC)OC(CO)C(O)C1O. The zero-order valence-electron chi connectivity index (χ0n) is 47.8. The number of aliphatic hydroxyl groups excluding tert-OH is 5.